The van der Waals surface area contributed by atoms with Crippen molar-refractivity contribution in [3.05, 3.63) is 48.3 Å². The maximum atomic E-state index is 12.2. The van der Waals surface area contributed by atoms with Crippen molar-refractivity contribution >= 4 is 35.3 Å². The van der Waals surface area contributed by atoms with Crippen LogP contribution < -0.4 is 0 Å². The first-order chi connectivity index (χ1) is 11.7. The van der Waals surface area contributed by atoms with Gasteiger partial charge in [0.2, 0.25) is 11.8 Å². The Kier molecular flexibility index (Phi) is 4.32. The van der Waals surface area contributed by atoms with Gasteiger partial charge in [0, 0.05) is 13.1 Å². The molecule has 0 aromatic carbocycles. The van der Waals surface area contributed by atoms with Crippen molar-refractivity contribution in [3.63, 3.8) is 0 Å². The molecule has 2 aliphatic heterocycles. The Morgan fingerprint density at radius 1 is 0.875 bits per heavy atom. The Bertz CT molecular complexity index is 654. The van der Waals surface area contributed by atoms with Gasteiger partial charge < -0.3 is 18.6 Å². The molecule has 24 heavy (non-hydrogen) atoms. The molecule has 2 atom stereocenters. The first-order valence-electron chi connectivity index (χ1n) is 7.63. The molecule has 6 nitrogen and oxygen atoms in total. The molecule has 2 aromatic heterocycles. The molecule has 0 bridgehead atoms. The van der Waals surface area contributed by atoms with Crippen molar-refractivity contribution in [2.75, 3.05) is 24.6 Å². The van der Waals surface area contributed by atoms with Gasteiger partial charge in [0.25, 0.3) is 0 Å². The molecule has 0 spiro atoms. The zero-order valence-corrected chi connectivity index (χ0v) is 14.4. The summed E-state index contributed by atoms with van der Waals surface area (Å²) in [6.45, 7) is 0.974. The molecule has 0 saturated carbocycles. The van der Waals surface area contributed by atoms with Gasteiger partial charge in [0.05, 0.1) is 24.0 Å². The molecule has 0 N–H and O–H groups in total. The summed E-state index contributed by atoms with van der Waals surface area (Å²) >= 11 is 3.11. The number of thioether (sulfide) groups is 2. The summed E-state index contributed by atoms with van der Waals surface area (Å²) in [6.07, 6.45) is 3.23. The summed E-state index contributed by atoms with van der Waals surface area (Å²) < 4.78 is 10.9. The summed E-state index contributed by atoms with van der Waals surface area (Å²) in [4.78, 5) is 28.0. The lowest BCUT2D eigenvalue weighted by Crippen LogP contribution is -2.38. The molecule has 8 heteroatoms. The Morgan fingerprint density at radius 2 is 1.33 bits per heavy atom. The Hall–Kier alpha value is -1.80. The highest BCUT2D eigenvalue weighted by atomic mass is 32.2. The van der Waals surface area contributed by atoms with Gasteiger partial charge in [-0.3, -0.25) is 9.59 Å². The fourth-order valence-corrected chi connectivity index (χ4v) is 5.28. The monoisotopic (exact) mass is 364 g/mol. The predicted molar refractivity (Wildman–Crippen MR) is 91.2 cm³/mol. The molecule has 4 heterocycles. The van der Waals surface area contributed by atoms with Gasteiger partial charge in [-0.1, -0.05) is 0 Å². The van der Waals surface area contributed by atoms with E-state index < -0.39 is 0 Å². The van der Waals surface area contributed by atoms with Crippen LogP contribution in [0.3, 0.4) is 0 Å². The van der Waals surface area contributed by atoms with Gasteiger partial charge in [-0.15, -0.1) is 23.5 Å². The molecular formula is C16H16N2O4S2. The topological polar surface area (TPSA) is 66.9 Å². The molecule has 126 valence electrons. The third-order valence-electron chi connectivity index (χ3n) is 4.09. The second kappa shape index (κ2) is 6.60. The lowest BCUT2D eigenvalue weighted by molar-refractivity contribution is -0.132. The van der Waals surface area contributed by atoms with E-state index in [4.69, 9.17) is 8.83 Å². The molecule has 0 aliphatic carbocycles. The summed E-state index contributed by atoms with van der Waals surface area (Å²) in [6, 6.07) is 7.41. The molecule has 2 amide bonds. The van der Waals surface area contributed by atoms with E-state index in [-0.39, 0.29) is 22.6 Å². The first kappa shape index (κ1) is 15.7. The van der Waals surface area contributed by atoms with Crippen molar-refractivity contribution in [3.8, 4) is 0 Å². The van der Waals surface area contributed by atoms with Crippen LogP contribution in [0.4, 0.5) is 0 Å². The van der Waals surface area contributed by atoms with Crippen molar-refractivity contribution in [2.45, 2.75) is 10.7 Å². The van der Waals surface area contributed by atoms with Crippen LogP contribution in [0.2, 0.25) is 0 Å². The molecular weight excluding hydrogens is 348 g/mol. The fraction of sp³-hybridized carbons (Fsp3) is 0.375. The number of rotatable bonds is 5. The molecule has 4 rings (SSSR count). The van der Waals surface area contributed by atoms with Crippen LogP contribution in [-0.2, 0) is 9.59 Å². The minimum absolute atomic E-state index is 0.0789. The standard InChI is InChI=1S/C16H16N2O4S2/c19-13-9-23-15(11-3-1-7-21-11)17(13)5-6-18-14(20)10-24-16(18)12-4-2-8-22-12/h1-4,7-8,15-16H,5-6,9-10H2/t15-,16-/m0/s1. The number of nitrogens with zero attached hydrogens (tertiary/aromatic N) is 2. The van der Waals surface area contributed by atoms with E-state index in [2.05, 4.69) is 0 Å². The van der Waals surface area contributed by atoms with E-state index >= 15 is 0 Å². The van der Waals surface area contributed by atoms with Crippen LogP contribution in [-0.4, -0.2) is 46.2 Å². The fourth-order valence-electron chi connectivity index (χ4n) is 2.94. The molecule has 2 fully saturated rings. The van der Waals surface area contributed by atoms with Gasteiger partial charge in [-0.2, -0.15) is 0 Å². The quantitative estimate of drug-likeness (QED) is 0.813. The van der Waals surface area contributed by atoms with Crippen LogP contribution in [0.15, 0.2) is 45.6 Å². The third kappa shape index (κ3) is 2.84. The van der Waals surface area contributed by atoms with Gasteiger partial charge in [-0.25, -0.2) is 0 Å². The van der Waals surface area contributed by atoms with E-state index in [9.17, 15) is 9.59 Å². The minimum atomic E-state index is -0.111. The van der Waals surface area contributed by atoms with Gasteiger partial charge in [0.1, 0.15) is 22.3 Å². The van der Waals surface area contributed by atoms with Crippen LogP contribution in [0.25, 0.3) is 0 Å². The summed E-state index contributed by atoms with van der Waals surface area (Å²) in [5.74, 6) is 2.59. The highest BCUT2D eigenvalue weighted by molar-refractivity contribution is 8.00. The normalized spacial score (nSPS) is 24.3. The summed E-state index contributed by atoms with van der Waals surface area (Å²) in [7, 11) is 0. The highest BCUT2D eigenvalue weighted by Gasteiger charge is 2.38. The Labute approximate surface area is 147 Å². The lowest BCUT2D eigenvalue weighted by Gasteiger charge is -2.27. The van der Waals surface area contributed by atoms with Crippen LogP contribution in [0.1, 0.15) is 22.3 Å². The van der Waals surface area contributed by atoms with E-state index in [1.165, 1.54) is 0 Å². The van der Waals surface area contributed by atoms with Gasteiger partial charge in [0.15, 0.2) is 0 Å². The Morgan fingerprint density at radius 3 is 1.71 bits per heavy atom. The van der Waals surface area contributed by atoms with Crippen LogP contribution in [0, 0.1) is 0 Å². The SMILES string of the molecule is O=C1CS[C@@H](c2ccco2)N1CCN1C(=O)CS[C@H]1c1ccco1. The minimum Gasteiger partial charge on any atom is -0.466 e. The largest absolute Gasteiger partial charge is 0.466 e. The van der Waals surface area contributed by atoms with Crippen molar-refractivity contribution < 1.29 is 18.4 Å². The van der Waals surface area contributed by atoms with Gasteiger partial charge >= 0.3 is 0 Å². The maximum Gasteiger partial charge on any atom is 0.233 e. The number of amides is 2. The smallest absolute Gasteiger partial charge is 0.233 e. The lowest BCUT2D eigenvalue weighted by atomic mass is 10.3. The number of furan rings is 2. The first-order valence-corrected chi connectivity index (χ1v) is 9.73. The van der Waals surface area contributed by atoms with E-state index in [0.717, 1.165) is 11.5 Å². The molecule has 2 aliphatic rings. The van der Waals surface area contributed by atoms with Crippen LogP contribution in [0.5, 0.6) is 0 Å². The molecule has 0 unspecified atom stereocenters. The number of carbonyl (C=O) groups excluding carboxylic acids is 2. The predicted octanol–water partition coefficient (Wildman–Crippen LogP) is 2.72. The zero-order valence-electron chi connectivity index (χ0n) is 12.8. The Balaban J connectivity index is 1.46. The number of hydrogen-bond acceptors (Lipinski definition) is 6. The number of carbonyl (C=O) groups is 2. The highest BCUT2D eigenvalue weighted by Crippen LogP contribution is 2.41. The average Bonchev–Trinajstić information content (AvgIpc) is 3.33. The number of hydrogen-bond donors (Lipinski definition) is 0. The zero-order chi connectivity index (χ0) is 16.5. The van der Waals surface area contributed by atoms with Crippen molar-refractivity contribution in [2.24, 2.45) is 0 Å². The van der Waals surface area contributed by atoms with Crippen molar-refractivity contribution in [1.82, 2.24) is 9.80 Å². The van der Waals surface area contributed by atoms with Crippen LogP contribution >= 0.6 is 23.5 Å². The molecule has 2 aromatic rings. The third-order valence-corrected chi connectivity index (χ3v) is 6.52. The molecule has 0 radical (unpaired) electrons. The van der Waals surface area contributed by atoms with E-state index in [1.54, 1.807) is 45.8 Å². The van der Waals surface area contributed by atoms with E-state index in [1.807, 2.05) is 24.3 Å². The second-order valence-corrected chi connectivity index (χ2v) is 7.67. The molecule has 2 saturated heterocycles. The summed E-state index contributed by atoms with van der Waals surface area (Å²) in [5.41, 5.74) is 0. The van der Waals surface area contributed by atoms with Gasteiger partial charge in [-0.05, 0) is 24.3 Å². The summed E-state index contributed by atoms with van der Waals surface area (Å²) in [5, 5.41) is -0.222. The second-order valence-electron chi connectivity index (χ2n) is 5.53. The van der Waals surface area contributed by atoms with E-state index in [0.29, 0.717) is 24.6 Å². The average molecular weight is 364 g/mol. The maximum absolute atomic E-state index is 12.2. The van der Waals surface area contributed by atoms with Crippen molar-refractivity contribution in [1.29, 1.82) is 0 Å².